The smallest absolute Gasteiger partial charge is 0.271 e. The van der Waals surface area contributed by atoms with E-state index in [-0.39, 0.29) is 36.5 Å². The van der Waals surface area contributed by atoms with Gasteiger partial charge in [-0.2, -0.15) is 0 Å². The van der Waals surface area contributed by atoms with Crippen molar-refractivity contribution in [3.63, 3.8) is 0 Å². The summed E-state index contributed by atoms with van der Waals surface area (Å²) in [7, 11) is 0. The van der Waals surface area contributed by atoms with Crippen molar-refractivity contribution in [3.05, 3.63) is 51.7 Å². The fourth-order valence-corrected chi connectivity index (χ4v) is 2.50. The molecule has 0 fully saturated rings. The Kier molecular flexibility index (Phi) is 8.69. The molecule has 0 saturated carbocycles. The number of hydrogen-bond donors (Lipinski definition) is 2. The lowest BCUT2D eigenvalue weighted by Crippen LogP contribution is -2.48. The van der Waals surface area contributed by atoms with Crippen LogP contribution < -0.4 is 11.1 Å². The third kappa shape index (κ3) is 6.43. The fraction of sp³-hybridized carbons (Fsp3) is 0.333. The predicted molar refractivity (Wildman–Crippen MR) is 96.4 cm³/mol. The Balaban J connectivity index is 0.00000242. The van der Waals surface area contributed by atoms with Crippen molar-refractivity contribution in [2.45, 2.75) is 25.8 Å². The standard InChI is InChI=1S/C15H18FN3OS.2ClH/c1-15(2,9-17)19-14(20)12-8-21-13(18-12)7-10-3-5-11(16)6-4-10;;/h3-6,8H,7,9,17H2,1-2H3,(H,19,20);2*1H. The average molecular weight is 380 g/mol. The molecule has 23 heavy (non-hydrogen) atoms. The molecule has 2 rings (SSSR count). The first kappa shape index (κ1) is 21.8. The number of carbonyl (C=O) groups excluding carboxylic acids is 1. The molecule has 1 heterocycles. The molecule has 0 radical (unpaired) electrons. The van der Waals surface area contributed by atoms with Gasteiger partial charge < -0.3 is 11.1 Å². The topological polar surface area (TPSA) is 68.0 Å². The zero-order chi connectivity index (χ0) is 15.5. The number of nitrogens with two attached hydrogens (primary N) is 1. The maximum atomic E-state index is 12.9. The summed E-state index contributed by atoms with van der Waals surface area (Å²) in [6.45, 7) is 4.07. The van der Waals surface area contributed by atoms with E-state index >= 15 is 0 Å². The molecular formula is C15H20Cl2FN3OS. The van der Waals surface area contributed by atoms with E-state index in [0.29, 0.717) is 18.7 Å². The molecule has 0 bridgehead atoms. The zero-order valence-electron chi connectivity index (χ0n) is 12.8. The zero-order valence-corrected chi connectivity index (χ0v) is 15.3. The van der Waals surface area contributed by atoms with Crippen LogP contribution in [0.2, 0.25) is 0 Å². The van der Waals surface area contributed by atoms with E-state index in [2.05, 4.69) is 10.3 Å². The molecule has 0 aliphatic carbocycles. The second kappa shape index (κ2) is 9.17. The number of halogens is 3. The Morgan fingerprint density at radius 1 is 1.30 bits per heavy atom. The molecular weight excluding hydrogens is 360 g/mol. The van der Waals surface area contributed by atoms with Gasteiger partial charge >= 0.3 is 0 Å². The summed E-state index contributed by atoms with van der Waals surface area (Å²) >= 11 is 1.41. The minimum Gasteiger partial charge on any atom is -0.345 e. The van der Waals surface area contributed by atoms with E-state index < -0.39 is 5.54 Å². The summed E-state index contributed by atoms with van der Waals surface area (Å²) in [6, 6.07) is 6.27. The minimum atomic E-state index is -0.460. The Morgan fingerprint density at radius 3 is 2.48 bits per heavy atom. The lowest BCUT2D eigenvalue weighted by atomic mass is 10.1. The highest BCUT2D eigenvalue weighted by atomic mass is 35.5. The molecule has 0 aliphatic heterocycles. The summed E-state index contributed by atoms with van der Waals surface area (Å²) < 4.78 is 12.9. The Labute approximate surface area is 151 Å². The number of benzene rings is 1. The summed E-state index contributed by atoms with van der Waals surface area (Å²) in [4.78, 5) is 16.4. The van der Waals surface area contributed by atoms with Gasteiger partial charge in [0.15, 0.2) is 0 Å². The summed E-state index contributed by atoms with van der Waals surface area (Å²) in [6.07, 6.45) is 0.582. The van der Waals surface area contributed by atoms with Crippen LogP contribution in [0, 0.1) is 5.82 Å². The van der Waals surface area contributed by atoms with Crippen molar-refractivity contribution in [2.24, 2.45) is 5.73 Å². The van der Waals surface area contributed by atoms with Crippen LogP contribution in [0.3, 0.4) is 0 Å². The van der Waals surface area contributed by atoms with Gasteiger partial charge in [-0.15, -0.1) is 36.2 Å². The molecule has 1 aromatic carbocycles. The third-order valence-electron chi connectivity index (χ3n) is 3.02. The average Bonchev–Trinajstić information content (AvgIpc) is 2.90. The van der Waals surface area contributed by atoms with Crippen LogP contribution in [0.1, 0.15) is 34.9 Å². The van der Waals surface area contributed by atoms with E-state index in [1.165, 1.54) is 23.5 Å². The SMILES string of the molecule is CC(C)(CN)NC(=O)c1csc(Cc2ccc(F)cc2)n1.Cl.Cl. The third-order valence-corrected chi connectivity index (χ3v) is 3.86. The normalized spacial score (nSPS) is 10.4. The lowest BCUT2D eigenvalue weighted by Gasteiger charge is -2.23. The van der Waals surface area contributed by atoms with Crippen LogP contribution in [0.5, 0.6) is 0 Å². The monoisotopic (exact) mass is 379 g/mol. The molecule has 4 nitrogen and oxygen atoms in total. The van der Waals surface area contributed by atoms with E-state index in [1.807, 2.05) is 13.8 Å². The lowest BCUT2D eigenvalue weighted by molar-refractivity contribution is 0.0911. The molecule has 2 aromatic rings. The highest BCUT2D eigenvalue weighted by Crippen LogP contribution is 2.16. The van der Waals surface area contributed by atoms with Gasteiger partial charge in [0.1, 0.15) is 11.5 Å². The van der Waals surface area contributed by atoms with E-state index in [1.54, 1.807) is 17.5 Å². The molecule has 0 unspecified atom stereocenters. The van der Waals surface area contributed by atoms with Crippen LogP contribution in [-0.4, -0.2) is 23.0 Å². The van der Waals surface area contributed by atoms with Gasteiger partial charge in [0.25, 0.3) is 5.91 Å². The maximum absolute atomic E-state index is 12.9. The van der Waals surface area contributed by atoms with Crippen molar-refractivity contribution in [1.29, 1.82) is 0 Å². The number of carbonyl (C=O) groups is 1. The number of thiazole rings is 1. The van der Waals surface area contributed by atoms with Crippen molar-refractivity contribution in [3.8, 4) is 0 Å². The van der Waals surface area contributed by atoms with Gasteiger partial charge in [-0.3, -0.25) is 4.79 Å². The van der Waals surface area contributed by atoms with Crippen LogP contribution in [-0.2, 0) is 6.42 Å². The van der Waals surface area contributed by atoms with Gasteiger partial charge in [-0.25, -0.2) is 9.37 Å². The molecule has 128 valence electrons. The van der Waals surface area contributed by atoms with Gasteiger partial charge in [0.2, 0.25) is 0 Å². The van der Waals surface area contributed by atoms with Gasteiger partial charge in [-0.05, 0) is 31.5 Å². The van der Waals surface area contributed by atoms with Crippen LogP contribution in [0.4, 0.5) is 4.39 Å². The first-order chi connectivity index (χ1) is 9.89. The van der Waals surface area contributed by atoms with E-state index in [9.17, 15) is 9.18 Å². The maximum Gasteiger partial charge on any atom is 0.271 e. The summed E-state index contributed by atoms with van der Waals surface area (Å²) in [5, 5.41) is 5.38. The van der Waals surface area contributed by atoms with Gasteiger partial charge in [-0.1, -0.05) is 12.1 Å². The Hall–Kier alpha value is -1.21. The Bertz CT molecular complexity index is 632. The highest BCUT2D eigenvalue weighted by Gasteiger charge is 2.20. The second-order valence-electron chi connectivity index (χ2n) is 5.47. The number of rotatable bonds is 5. The largest absolute Gasteiger partial charge is 0.345 e. The van der Waals surface area contributed by atoms with E-state index in [4.69, 9.17) is 5.73 Å². The van der Waals surface area contributed by atoms with Gasteiger partial charge in [0.05, 0.1) is 5.01 Å². The molecule has 0 saturated heterocycles. The molecule has 1 amide bonds. The first-order valence-corrected chi connectivity index (χ1v) is 7.49. The van der Waals surface area contributed by atoms with Gasteiger partial charge in [0, 0.05) is 23.9 Å². The fourth-order valence-electron chi connectivity index (χ4n) is 1.70. The Morgan fingerprint density at radius 2 is 1.91 bits per heavy atom. The van der Waals surface area contributed by atoms with Crippen molar-refractivity contribution in [2.75, 3.05) is 6.54 Å². The molecule has 8 heteroatoms. The van der Waals surface area contributed by atoms with Crippen LogP contribution >= 0.6 is 36.2 Å². The predicted octanol–water partition coefficient (Wildman–Crippen LogP) is 3.18. The van der Waals surface area contributed by atoms with Crippen LogP contribution in [0.25, 0.3) is 0 Å². The summed E-state index contributed by atoms with van der Waals surface area (Å²) in [5.74, 6) is -0.492. The highest BCUT2D eigenvalue weighted by molar-refractivity contribution is 7.09. The molecule has 0 spiro atoms. The number of aromatic nitrogens is 1. The molecule has 0 atom stereocenters. The number of nitrogens with one attached hydrogen (secondary N) is 1. The second-order valence-corrected chi connectivity index (χ2v) is 6.41. The van der Waals surface area contributed by atoms with Crippen molar-refractivity contribution in [1.82, 2.24) is 10.3 Å². The van der Waals surface area contributed by atoms with E-state index in [0.717, 1.165) is 10.6 Å². The number of nitrogens with zero attached hydrogens (tertiary/aromatic N) is 1. The molecule has 0 aliphatic rings. The minimum absolute atomic E-state index is 0. The number of hydrogen-bond acceptors (Lipinski definition) is 4. The molecule has 3 N–H and O–H groups in total. The van der Waals surface area contributed by atoms with Crippen LogP contribution in [0.15, 0.2) is 29.6 Å². The molecule has 1 aromatic heterocycles. The first-order valence-electron chi connectivity index (χ1n) is 6.61. The van der Waals surface area contributed by atoms with Crippen molar-refractivity contribution >= 4 is 42.1 Å². The van der Waals surface area contributed by atoms with Crippen molar-refractivity contribution < 1.29 is 9.18 Å². The number of amides is 1. The quantitative estimate of drug-likeness (QED) is 0.837. The summed E-state index contributed by atoms with van der Waals surface area (Å²) in [5.41, 5.74) is 6.47.